The number of aromatic nitrogens is 5. The van der Waals surface area contributed by atoms with Crippen LogP contribution in [-0.4, -0.2) is 67.4 Å². The minimum Gasteiger partial charge on any atom is -0.481 e. The predicted molar refractivity (Wildman–Crippen MR) is 96.4 cm³/mol. The van der Waals surface area contributed by atoms with Crippen LogP contribution < -0.4 is 0 Å². The van der Waals surface area contributed by atoms with E-state index < -0.39 is 21.5 Å². The summed E-state index contributed by atoms with van der Waals surface area (Å²) in [5.74, 6) is -1.02. The summed E-state index contributed by atoms with van der Waals surface area (Å²) in [6.07, 6.45) is 6.31. The van der Waals surface area contributed by atoms with E-state index in [1.54, 1.807) is 30.2 Å². The second-order valence-corrected chi connectivity index (χ2v) is 8.86. The lowest BCUT2D eigenvalue weighted by atomic mass is 9.88. The van der Waals surface area contributed by atoms with E-state index in [1.165, 1.54) is 10.6 Å². The van der Waals surface area contributed by atoms with Gasteiger partial charge in [-0.05, 0) is 13.0 Å². The molecule has 0 atom stereocenters. The van der Waals surface area contributed by atoms with Crippen molar-refractivity contribution in [3.8, 4) is 11.3 Å². The molecule has 0 bridgehead atoms. The van der Waals surface area contributed by atoms with E-state index in [1.807, 2.05) is 6.07 Å². The van der Waals surface area contributed by atoms with Gasteiger partial charge in [0.15, 0.2) is 0 Å². The first-order valence-electron chi connectivity index (χ1n) is 8.38. The van der Waals surface area contributed by atoms with Crippen molar-refractivity contribution in [2.75, 3.05) is 18.8 Å². The Morgan fingerprint density at radius 3 is 2.85 bits per heavy atom. The molecule has 2 N–H and O–H groups in total. The van der Waals surface area contributed by atoms with Gasteiger partial charge in [0.2, 0.25) is 10.0 Å². The monoisotopic (exact) mass is 390 g/mol. The molecule has 0 spiro atoms. The van der Waals surface area contributed by atoms with Crippen LogP contribution in [0.25, 0.3) is 22.3 Å². The number of carboxylic acid groups (broad SMARTS) is 1. The van der Waals surface area contributed by atoms with E-state index in [-0.39, 0.29) is 25.3 Å². The highest BCUT2D eigenvalue weighted by Crippen LogP contribution is 2.36. The zero-order chi connectivity index (χ0) is 19.2. The van der Waals surface area contributed by atoms with E-state index >= 15 is 0 Å². The molecule has 142 valence electrons. The predicted octanol–water partition coefficient (Wildman–Crippen LogP) is 0.657. The molecule has 4 heterocycles. The number of aliphatic carboxylic acids is 1. The van der Waals surface area contributed by atoms with Crippen LogP contribution in [0.2, 0.25) is 0 Å². The van der Waals surface area contributed by atoms with Crippen LogP contribution in [0.4, 0.5) is 0 Å². The zero-order valence-corrected chi connectivity index (χ0v) is 15.3. The van der Waals surface area contributed by atoms with Crippen LogP contribution in [0.1, 0.15) is 13.3 Å². The minimum atomic E-state index is -3.37. The number of sulfonamides is 1. The molecule has 0 aromatic carbocycles. The van der Waals surface area contributed by atoms with Crippen LogP contribution >= 0.6 is 0 Å². The number of H-pyrrole nitrogens is 1. The highest BCUT2D eigenvalue weighted by molar-refractivity contribution is 7.89. The lowest BCUT2D eigenvalue weighted by molar-refractivity contribution is -0.141. The molecule has 3 aromatic rings. The molecule has 1 aliphatic heterocycles. The molecule has 0 saturated carbocycles. The van der Waals surface area contributed by atoms with Crippen molar-refractivity contribution in [2.24, 2.45) is 0 Å². The van der Waals surface area contributed by atoms with Gasteiger partial charge in [0.25, 0.3) is 0 Å². The molecular formula is C16H18N6O4S. The maximum atomic E-state index is 12.1. The Bertz CT molecular complexity index is 1110. The second-order valence-electron chi connectivity index (χ2n) is 6.60. The Morgan fingerprint density at radius 2 is 2.15 bits per heavy atom. The summed E-state index contributed by atoms with van der Waals surface area (Å²) in [6.45, 7) is 1.73. The molecule has 0 radical (unpaired) electrons. The number of fused-ring (bicyclic) bond motifs is 1. The van der Waals surface area contributed by atoms with Crippen molar-refractivity contribution in [1.82, 2.24) is 29.0 Å². The van der Waals surface area contributed by atoms with Crippen LogP contribution in [0, 0.1) is 0 Å². The fourth-order valence-corrected chi connectivity index (χ4v) is 4.65. The standard InChI is InChI=1S/C16H18N6O4S/c1-2-27(25,26)21-8-16(9-21,5-13(23)24)22-7-11(6-20-22)14-12-3-4-17-15(12)19-10-18-14/h3-4,6-7,10H,2,5,8-9H2,1H3,(H,23,24)(H,17,18,19). The Kier molecular flexibility index (Phi) is 4.00. The van der Waals surface area contributed by atoms with Crippen molar-refractivity contribution in [1.29, 1.82) is 0 Å². The number of nitrogens with zero attached hydrogens (tertiary/aromatic N) is 5. The quantitative estimate of drug-likeness (QED) is 0.631. The molecule has 1 fully saturated rings. The van der Waals surface area contributed by atoms with Gasteiger partial charge in [0.1, 0.15) is 17.5 Å². The van der Waals surface area contributed by atoms with Gasteiger partial charge in [-0.25, -0.2) is 18.4 Å². The molecule has 27 heavy (non-hydrogen) atoms. The molecular weight excluding hydrogens is 372 g/mol. The third kappa shape index (κ3) is 2.88. The summed E-state index contributed by atoms with van der Waals surface area (Å²) in [5.41, 5.74) is 1.17. The number of aromatic amines is 1. The van der Waals surface area contributed by atoms with Gasteiger partial charge < -0.3 is 10.1 Å². The van der Waals surface area contributed by atoms with Crippen LogP contribution in [0.3, 0.4) is 0 Å². The Balaban J connectivity index is 1.70. The Labute approximate surface area is 154 Å². The largest absolute Gasteiger partial charge is 0.481 e. The maximum absolute atomic E-state index is 12.1. The van der Waals surface area contributed by atoms with Crippen molar-refractivity contribution >= 4 is 27.0 Å². The lowest BCUT2D eigenvalue weighted by Crippen LogP contribution is -2.65. The molecule has 4 rings (SSSR count). The molecule has 0 unspecified atom stereocenters. The summed E-state index contributed by atoms with van der Waals surface area (Å²) in [5, 5.41) is 14.5. The number of carbonyl (C=O) groups is 1. The summed E-state index contributed by atoms with van der Waals surface area (Å²) < 4.78 is 27.0. The number of nitrogens with one attached hydrogen (secondary N) is 1. The van der Waals surface area contributed by atoms with Gasteiger partial charge in [-0.2, -0.15) is 9.40 Å². The summed E-state index contributed by atoms with van der Waals surface area (Å²) >= 11 is 0. The number of hydrogen-bond donors (Lipinski definition) is 2. The Morgan fingerprint density at radius 1 is 1.37 bits per heavy atom. The maximum Gasteiger partial charge on any atom is 0.305 e. The summed E-state index contributed by atoms with van der Waals surface area (Å²) in [4.78, 5) is 22.9. The van der Waals surface area contributed by atoms with Gasteiger partial charge in [-0.15, -0.1) is 0 Å². The number of carboxylic acids is 1. The van der Waals surface area contributed by atoms with Gasteiger partial charge in [-0.3, -0.25) is 9.48 Å². The first kappa shape index (κ1) is 17.6. The minimum absolute atomic E-state index is 0.0209. The third-order valence-corrected chi connectivity index (χ3v) is 6.65. The van der Waals surface area contributed by atoms with Crippen molar-refractivity contribution < 1.29 is 18.3 Å². The average molecular weight is 390 g/mol. The average Bonchev–Trinajstić information content (AvgIpc) is 3.26. The first-order chi connectivity index (χ1) is 12.8. The van der Waals surface area contributed by atoms with Crippen molar-refractivity contribution in [3.05, 3.63) is 31.0 Å². The lowest BCUT2D eigenvalue weighted by Gasteiger charge is -2.48. The van der Waals surface area contributed by atoms with E-state index in [9.17, 15) is 18.3 Å². The van der Waals surface area contributed by atoms with Crippen LogP contribution in [0.5, 0.6) is 0 Å². The molecule has 0 amide bonds. The number of hydrogen-bond acceptors (Lipinski definition) is 6. The topological polar surface area (TPSA) is 134 Å². The van der Waals surface area contributed by atoms with Gasteiger partial charge in [0, 0.05) is 36.4 Å². The second kappa shape index (κ2) is 6.13. The fourth-order valence-electron chi connectivity index (χ4n) is 3.42. The normalized spacial score (nSPS) is 17.1. The van der Waals surface area contributed by atoms with E-state index in [2.05, 4.69) is 20.1 Å². The fraction of sp³-hybridized carbons (Fsp3) is 0.375. The number of rotatable bonds is 6. The van der Waals surface area contributed by atoms with E-state index in [0.29, 0.717) is 16.9 Å². The molecule has 1 aliphatic rings. The third-order valence-electron chi connectivity index (χ3n) is 4.88. The van der Waals surface area contributed by atoms with E-state index in [0.717, 1.165) is 5.39 Å². The molecule has 0 aliphatic carbocycles. The smallest absolute Gasteiger partial charge is 0.305 e. The molecule has 3 aromatic heterocycles. The first-order valence-corrected chi connectivity index (χ1v) is 9.99. The SMILES string of the molecule is CCS(=O)(=O)N1CC(CC(=O)O)(n2cc(-c3ncnc4[nH]ccc34)cn2)C1. The summed E-state index contributed by atoms with van der Waals surface area (Å²) in [7, 11) is -3.37. The van der Waals surface area contributed by atoms with Gasteiger partial charge >= 0.3 is 5.97 Å². The van der Waals surface area contributed by atoms with Crippen LogP contribution in [-0.2, 0) is 20.4 Å². The van der Waals surface area contributed by atoms with Crippen molar-refractivity contribution in [2.45, 2.75) is 18.9 Å². The summed E-state index contributed by atoms with van der Waals surface area (Å²) in [6, 6.07) is 1.86. The van der Waals surface area contributed by atoms with E-state index in [4.69, 9.17) is 0 Å². The molecule has 10 nitrogen and oxygen atoms in total. The highest BCUT2D eigenvalue weighted by atomic mass is 32.2. The molecule has 11 heteroatoms. The highest BCUT2D eigenvalue weighted by Gasteiger charge is 2.51. The van der Waals surface area contributed by atoms with Gasteiger partial charge in [0.05, 0.1) is 24.1 Å². The molecule has 1 saturated heterocycles. The van der Waals surface area contributed by atoms with Crippen LogP contribution in [0.15, 0.2) is 31.0 Å². The van der Waals surface area contributed by atoms with Crippen molar-refractivity contribution in [3.63, 3.8) is 0 Å². The Hall–Kier alpha value is -2.79. The van der Waals surface area contributed by atoms with Gasteiger partial charge in [-0.1, -0.05) is 0 Å². The zero-order valence-electron chi connectivity index (χ0n) is 14.5.